The third-order valence-electron chi connectivity index (χ3n) is 4.53. The van der Waals surface area contributed by atoms with E-state index in [1.807, 2.05) is 6.92 Å². The van der Waals surface area contributed by atoms with Gasteiger partial charge in [-0.25, -0.2) is 9.69 Å². The first-order valence-electron chi connectivity index (χ1n) is 10.0. The van der Waals surface area contributed by atoms with Gasteiger partial charge in [0.15, 0.2) is 0 Å². The number of nitrogens with zero attached hydrogens (tertiary/aromatic N) is 1. The molecule has 1 fully saturated rings. The van der Waals surface area contributed by atoms with Crippen LogP contribution in [0.2, 0.25) is 0 Å². The van der Waals surface area contributed by atoms with Crippen molar-refractivity contribution >= 4 is 45.5 Å². The van der Waals surface area contributed by atoms with Gasteiger partial charge in [0.1, 0.15) is 17.1 Å². The molecule has 0 atom stereocenters. The normalized spacial score (nSPS) is 15.3. The zero-order valence-corrected chi connectivity index (χ0v) is 18.9. The third kappa shape index (κ3) is 5.32. The highest BCUT2D eigenvalue weighted by atomic mass is 79.9. The van der Waals surface area contributed by atoms with Crippen molar-refractivity contribution in [1.29, 1.82) is 0 Å². The summed E-state index contributed by atoms with van der Waals surface area (Å²) in [7, 11) is 0. The van der Waals surface area contributed by atoms with E-state index < -0.39 is 17.8 Å². The number of rotatable bonds is 8. The zero-order valence-electron chi connectivity index (χ0n) is 17.3. The van der Waals surface area contributed by atoms with E-state index in [0.29, 0.717) is 36.0 Å². The minimum Gasteiger partial charge on any atom is -0.494 e. The molecule has 2 aromatic carbocycles. The van der Waals surface area contributed by atoms with Gasteiger partial charge in [-0.05, 0) is 61.9 Å². The van der Waals surface area contributed by atoms with E-state index in [-0.39, 0.29) is 5.57 Å². The molecule has 2 aromatic rings. The molecule has 1 aliphatic heterocycles. The Bertz CT molecular complexity index is 1020. The number of hydrogen-bond acceptors (Lipinski definition) is 5. The Hall–Kier alpha value is -3.13. The molecule has 0 bridgehead atoms. The van der Waals surface area contributed by atoms with E-state index in [0.717, 1.165) is 22.2 Å². The molecule has 0 unspecified atom stereocenters. The maximum absolute atomic E-state index is 13.1. The van der Waals surface area contributed by atoms with Crippen LogP contribution in [-0.4, -0.2) is 31.1 Å². The number of carbonyl (C=O) groups is 3. The van der Waals surface area contributed by atoms with Gasteiger partial charge in [0, 0.05) is 10.0 Å². The molecular weight excluding hydrogens is 464 g/mol. The van der Waals surface area contributed by atoms with Crippen molar-refractivity contribution in [3.05, 3.63) is 58.1 Å². The van der Waals surface area contributed by atoms with Crippen LogP contribution in [0.1, 0.15) is 32.3 Å². The SMILES string of the molecule is CCCCOc1ccc(N2C(=O)NC(=O)/C(=C/c3cc(Br)ccc3OCC)C2=O)cc1. The molecule has 1 saturated heterocycles. The monoisotopic (exact) mass is 486 g/mol. The average Bonchev–Trinajstić information content (AvgIpc) is 2.74. The van der Waals surface area contributed by atoms with Crippen LogP contribution in [0.25, 0.3) is 6.08 Å². The number of benzene rings is 2. The van der Waals surface area contributed by atoms with Gasteiger partial charge < -0.3 is 9.47 Å². The highest BCUT2D eigenvalue weighted by molar-refractivity contribution is 9.10. The van der Waals surface area contributed by atoms with Gasteiger partial charge >= 0.3 is 6.03 Å². The van der Waals surface area contributed by atoms with Gasteiger partial charge in [-0.1, -0.05) is 29.3 Å². The molecule has 0 radical (unpaired) electrons. The third-order valence-corrected chi connectivity index (χ3v) is 5.03. The fraction of sp³-hybridized carbons (Fsp3) is 0.261. The van der Waals surface area contributed by atoms with Gasteiger partial charge in [-0.3, -0.25) is 14.9 Å². The molecule has 162 valence electrons. The van der Waals surface area contributed by atoms with Crippen LogP contribution in [0.3, 0.4) is 0 Å². The van der Waals surface area contributed by atoms with E-state index in [9.17, 15) is 14.4 Å². The first-order valence-corrected chi connectivity index (χ1v) is 10.8. The van der Waals surface area contributed by atoms with Crippen LogP contribution in [0.15, 0.2) is 52.5 Å². The van der Waals surface area contributed by atoms with Gasteiger partial charge in [-0.2, -0.15) is 0 Å². The Morgan fingerprint density at radius 1 is 1.03 bits per heavy atom. The second-order valence-electron chi connectivity index (χ2n) is 6.77. The highest BCUT2D eigenvalue weighted by Crippen LogP contribution is 2.28. The molecule has 0 spiro atoms. The lowest BCUT2D eigenvalue weighted by Gasteiger charge is -2.26. The van der Waals surface area contributed by atoms with Gasteiger partial charge in [0.25, 0.3) is 11.8 Å². The number of amides is 4. The zero-order chi connectivity index (χ0) is 22.4. The van der Waals surface area contributed by atoms with E-state index in [2.05, 4.69) is 28.2 Å². The summed E-state index contributed by atoms with van der Waals surface area (Å²) in [5.41, 5.74) is 0.716. The summed E-state index contributed by atoms with van der Waals surface area (Å²) < 4.78 is 12.0. The van der Waals surface area contributed by atoms with Gasteiger partial charge in [-0.15, -0.1) is 0 Å². The standard InChI is InChI=1S/C23H23BrN2O5/c1-3-5-12-31-18-9-7-17(8-10-18)26-22(28)19(21(27)25-23(26)29)14-15-13-16(24)6-11-20(15)30-4-2/h6-11,13-14H,3-5,12H2,1-2H3,(H,25,27,29)/b19-14-. The summed E-state index contributed by atoms with van der Waals surface area (Å²) in [5, 5.41) is 2.23. The summed E-state index contributed by atoms with van der Waals surface area (Å²) >= 11 is 3.38. The lowest BCUT2D eigenvalue weighted by Crippen LogP contribution is -2.54. The second kappa shape index (κ2) is 10.3. The predicted molar refractivity (Wildman–Crippen MR) is 121 cm³/mol. The van der Waals surface area contributed by atoms with E-state index >= 15 is 0 Å². The van der Waals surface area contributed by atoms with Crippen LogP contribution in [-0.2, 0) is 9.59 Å². The molecule has 1 aliphatic rings. The molecule has 3 rings (SSSR count). The molecule has 0 aliphatic carbocycles. The maximum atomic E-state index is 13.1. The quantitative estimate of drug-likeness (QED) is 0.332. The average molecular weight is 487 g/mol. The van der Waals surface area contributed by atoms with Crippen molar-refractivity contribution < 1.29 is 23.9 Å². The van der Waals surface area contributed by atoms with Crippen LogP contribution in [0.4, 0.5) is 10.5 Å². The Morgan fingerprint density at radius 3 is 2.45 bits per heavy atom. The Balaban J connectivity index is 1.91. The van der Waals surface area contributed by atoms with Crippen LogP contribution in [0.5, 0.6) is 11.5 Å². The van der Waals surface area contributed by atoms with Crippen LogP contribution >= 0.6 is 15.9 Å². The number of anilines is 1. The Morgan fingerprint density at radius 2 is 1.77 bits per heavy atom. The van der Waals surface area contributed by atoms with Crippen LogP contribution in [0, 0.1) is 0 Å². The number of urea groups is 1. The molecule has 7 nitrogen and oxygen atoms in total. The smallest absolute Gasteiger partial charge is 0.335 e. The summed E-state index contributed by atoms with van der Waals surface area (Å²) in [6.07, 6.45) is 3.38. The van der Waals surface area contributed by atoms with Crippen molar-refractivity contribution in [3.63, 3.8) is 0 Å². The number of barbiturate groups is 1. The minimum atomic E-state index is -0.800. The maximum Gasteiger partial charge on any atom is 0.335 e. The Kier molecular flexibility index (Phi) is 7.46. The number of ether oxygens (including phenoxy) is 2. The topological polar surface area (TPSA) is 84.9 Å². The second-order valence-corrected chi connectivity index (χ2v) is 7.68. The van der Waals surface area contributed by atoms with Crippen molar-refractivity contribution in [2.24, 2.45) is 0 Å². The minimum absolute atomic E-state index is 0.165. The first-order chi connectivity index (χ1) is 14.9. The highest BCUT2D eigenvalue weighted by Gasteiger charge is 2.37. The lowest BCUT2D eigenvalue weighted by atomic mass is 10.1. The molecule has 8 heteroatoms. The van der Waals surface area contributed by atoms with E-state index in [1.54, 1.807) is 42.5 Å². The van der Waals surface area contributed by atoms with E-state index in [1.165, 1.54) is 6.08 Å². The summed E-state index contributed by atoms with van der Waals surface area (Å²) in [4.78, 5) is 38.9. The Labute approximate surface area is 189 Å². The number of unbranched alkanes of at least 4 members (excludes halogenated alkanes) is 1. The van der Waals surface area contributed by atoms with Crippen molar-refractivity contribution in [3.8, 4) is 11.5 Å². The van der Waals surface area contributed by atoms with Crippen LogP contribution < -0.4 is 19.7 Å². The largest absolute Gasteiger partial charge is 0.494 e. The molecule has 31 heavy (non-hydrogen) atoms. The number of imide groups is 2. The molecule has 0 aromatic heterocycles. The van der Waals surface area contributed by atoms with Gasteiger partial charge in [0.05, 0.1) is 18.9 Å². The van der Waals surface area contributed by atoms with E-state index in [4.69, 9.17) is 9.47 Å². The summed E-state index contributed by atoms with van der Waals surface area (Å²) in [5.74, 6) is -0.302. The van der Waals surface area contributed by atoms with Crippen molar-refractivity contribution in [2.45, 2.75) is 26.7 Å². The predicted octanol–water partition coefficient (Wildman–Crippen LogP) is 4.69. The number of carbonyl (C=O) groups excluding carboxylic acids is 3. The molecule has 1 N–H and O–H groups in total. The molecular formula is C23H23BrN2O5. The van der Waals surface area contributed by atoms with Crippen molar-refractivity contribution in [1.82, 2.24) is 5.32 Å². The fourth-order valence-corrected chi connectivity index (χ4v) is 3.37. The lowest BCUT2D eigenvalue weighted by molar-refractivity contribution is -0.122. The summed E-state index contributed by atoms with van der Waals surface area (Å²) in [6, 6.07) is 11.1. The molecule has 0 saturated carbocycles. The number of halogens is 1. The first kappa shape index (κ1) is 22.6. The molecule has 1 heterocycles. The number of hydrogen-bond donors (Lipinski definition) is 1. The van der Waals surface area contributed by atoms with Crippen molar-refractivity contribution in [2.75, 3.05) is 18.1 Å². The molecule has 4 amide bonds. The summed E-state index contributed by atoms with van der Waals surface area (Å²) in [6.45, 7) is 4.93. The van der Waals surface area contributed by atoms with Gasteiger partial charge in [0.2, 0.25) is 0 Å². The fourth-order valence-electron chi connectivity index (χ4n) is 2.99. The number of nitrogens with one attached hydrogen (secondary N) is 1.